The van der Waals surface area contributed by atoms with E-state index in [1.807, 2.05) is 34.1 Å². The monoisotopic (exact) mass is 376 g/mol. The highest BCUT2D eigenvalue weighted by atomic mass is 16.2. The molecule has 2 aliphatic rings. The number of nitrogens with zero attached hydrogens (tertiary/aromatic N) is 2. The number of likely N-dealkylation sites (tertiary alicyclic amines) is 2. The molecule has 0 saturated carbocycles. The minimum absolute atomic E-state index is 0.118. The number of amides is 2. The van der Waals surface area contributed by atoms with Crippen LogP contribution in [0.25, 0.3) is 0 Å². The zero-order valence-electron chi connectivity index (χ0n) is 16.3. The highest BCUT2D eigenvalue weighted by molar-refractivity contribution is 5.94. The molecule has 2 fully saturated rings. The minimum atomic E-state index is 0.118. The van der Waals surface area contributed by atoms with E-state index in [-0.39, 0.29) is 11.8 Å². The van der Waals surface area contributed by atoms with E-state index >= 15 is 0 Å². The molecule has 2 saturated heterocycles. The molecule has 0 spiro atoms. The van der Waals surface area contributed by atoms with Crippen LogP contribution >= 0.6 is 0 Å². The third kappa shape index (κ3) is 4.44. The van der Waals surface area contributed by atoms with Gasteiger partial charge in [0.25, 0.3) is 5.91 Å². The van der Waals surface area contributed by atoms with Crippen molar-refractivity contribution in [2.24, 2.45) is 5.92 Å². The molecule has 4 rings (SSSR count). The van der Waals surface area contributed by atoms with Gasteiger partial charge in [0.1, 0.15) is 0 Å². The number of rotatable bonds is 5. The quantitative estimate of drug-likeness (QED) is 0.794. The predicted molar refractivity (Wildman–Crippen MR) is 110 cm³/mol. The van der Waals surface area contributed by atoms with Crippen molar-refractivity contribution in [1.29, 1.82) is 0 Å². The molecule has 0 radical (unpaired) electrons. The summed E-state index contributed by atoms with van der Waals surface area (Å²) in [6.07, 6.45) is 4.80. The van der Waals surface area contributed by atoms with Crippen LogP contribution in [0, 0.1) is 5.92 Å². The lowest BCUT2D eigenvalue weighted by molar-refractivity contribution is -0.128. The average molecular weight is 377 g/mol. The van der Waals surface area contributed by atoms with Crippen LogP contribution in [0.15, 0.2) is 54.6 Å². The molecule has 4 heteroatoms. The molecule has 28 heavy (non-hydrogen) atoms. The Morgan fingerprint density at radius 1 is 0.929 bits per heavy atom. The first-order valence-electron chi connectivity index (χ1n) is 10.4. The standard InChI is InChI=1S/C24H28N2O2/c27-23-10-5-13-26(23)18-21-8-4-9-22(17-21)24(28)25-14-11-20(12-15-25)16-19-6-2-1-3-7-19/h1-4,6-9,17,20H,5,10-16,18H2. The van der Waals surface area contributed by atoms with Gasteiger partial charge in [0.2, 0.25) is 5.91 Å². The van der Waals surface area contributed by atoms with Gasteiger partial charge in [-0.1, -0.05) is 42.5 Å². The smallest absolute Gasteiger partial charge is 0.253 e. The zero-order chi connectivity index (χ0) is 19.3. The lowest BCUT2D eigenvalue weighted by Crippen LogP contribution is -2.39. The van der Waals surface area contributed by atoms with Crippen molar-refractivity contribution in [2.45, 2.75) is 38.6 Å². The zero-order valence-corrected chi connectivity index (χ0v) is 16.3. The minimum Gasteiger partial charge on any atom is -0.339 e. The van der Waals surface area contributed by atoms with Gasteiger partial charge in [-0.25, -0.2) is 0 Å². The van der Waals surface area contributed by atoms with Crippen molar-refractivity contribution in [1.82, 2.24) is 9.80 Å². The van der Waals surface area contributed by atoms with Gasteiger partial charge in [-0.2, -0.15) is 0 Å². The fourth-order valence-corrected chi connectivity index (χ4v) is 4.36. The Kier molecular flexibility index (Phi) is 5.75. The van der Waals surface area contributed by atoms with Crippen molar-refractivity contribution in [3.8, 4) is 0 Å². The number of hydrogen-bond donors (Lipinski definition) is 0. The average Bonchev–Trinajstić information content (AvgIpc) is 3.13. The Morgan fingerprint density at radius 2 is 1.68 bits per heavy atom. The second kappa shape index (κ2) is 8.59. The fourth-order valence-electron chi connectivity index (χ4n) is 4.36. The van der Waals surface area contributed by atoms with Crippen LogP contribution in [-0.2, 0) is 17.8 Å². The molecule has 0 atom stereocenters. The number of piperidine rings is 1. The maximum Gasteiger partial charge on any atom is 0.253 e. The fraction of sp³-hybridized carbons (Fsp3) is 0.417. The largest absolute Gasteiger partial charge is 0.339 e. The second-order valence-electron chi connectivity index (χ2n) is 8.04. The Hall–Kier alpha value is -2.62. The maximum atomic E-state index is 13.0. The van der Waals surface area contributed by atoms with Gasteiger partial charge < -0.3 is 9.80 Å². The Morgan fingerprint density at radius 3 is 2.39 bits per heavy atom. The molecule has 2 amide bonds. The van der Waals surface area contributed by atoms with Crippen LogP contribution in [0.5, 0.6) is 0 Å². The molecule has 0 bridgehead atoms. The van der Waals surface area contributed by atoms with E-state index in [1.165, 1.54) is 5.56 Å². The normalized spacial score (nSPS) is 17.9. The van der Waals surface area contributed by atoms with Gasteiger partial charge >= 0.3 is 0 Å². The molecule has 0 unspecified atom stereocenters. The van der Waals surface area contributed by atoms with Crippen molar-refractivity contribution in [3.05, 3.63) is 71.3 Å². The van der Waals surface area contributed by atoms with Crippen LogP contribution in [-0.4, -0.2) is 41.2 Å². The van der Waals surface area contributed by atoms with E-state index < -0.39 is 0 Å². The molecule has 0 aromatic heterocycles. The first kappa shape index (κ1) is 18.7. The summed E-state index contributed by atoms with van der Waals surface area (Å²) in [4.78, 5) is 28.7. The number of carbonyl (C=O) groups excluding carboxylic acids is 2. The molecular weight excluding hydrogens is 348 g/mol. The summed E-state index contributed by atoms with van der Waals surface area (Å²) in [7, 11) is 0. The first-order valence-corrected chi connectivity index (χ1v) is 10.4. The topological polar surface area (TPSA) is 40.6 Å². The predicted octanol–water partition coefficient (Wildman–Crippen LogP) is 3.90. The molecule has 2 aromatic carbocycles. The molecule has 146 valence electrons. The lowest BCUT2D eigenvalue weighted by Gasteiger charge is -2.32. The van der Waals surface area contributed by atoms with Gasteiger partial charge in [-0.3, -0.25) is 9.59 Å². The Balaban J connectivity index is 1.33. The van der Waals surface area contributed by atoms with Crippen molar-refractivity contribution in [3.63, 3.8) is 0 Å². The van der Waals surface area contributed by atoms with E-state index in [2.05, 4.69) is 30.3 Å². The molecular formula is C24H28N2O2. The lowest BCUT2D eigenvalue weighted by atomic mass is 9.90. The van der Waals surface area contributed by atoms with Gasteiger partial charge in [-0.15, -0.1) is 0 Å². The summed E-state index contributed by atoms with van der Waals surface area (Å²) in [5, 5.41) is 0. The van der Waals surface area contributed by atoms with Crippen LogP contribution < -0.4 is 0 Å². The van der Waals surface area contributed by atoms with Gasteiger partial charge in [0.15, 0.2) is 0 Å². The van der Waals surface area contributed by atoms with Crippen LogP contribution in [0.4, 0.5) is 0 Å². The number of benzene rings is 2. The van der Waals surface area contributed by atoms with Crippen molar-refractivity contribution in [2.75, 3.05) is 19.6 Å². The van der Waals surface area contributed by atoms with Gasteiger partial charge in [0.05, 0.1) is 0 Å². The molecule has 0 aliphatic carbocycles. The Bertz CT molecular complexity index is 826. The van der Waals surface area contributed by atoms with E-state index in [9.17, 15) is 9.59 Å². The SMILES string of the molecule is O=C1CCCN1Cc1cccc(C(=O)N2CCC(Cc3ccccc3)CC2)c1. The number of hydrogen-bond acceptors (Lipinski definition) is 2. The van der Waals surface area contributed by atoms with Crippen LogP contribution in [0.1, 0.15) is 47.2 Å². The maximum absolute atomic E-state index is 13.0. The van der Waals surface area contributed by atoms with E-state index in [0.29, 0.717) is 18.9 Å². The van der Waals surface area contributed by atoms with E-state index in [1.54, 1.807) is 0 Å². The van der Waals surface area contributed by atoms with Crippen LogP contribution in [0.3, 0.4) is 0 Å². The van der Waals surface area contributed by atoms with Gasteiger partial charge in [0, 0.05) is 38.2 Å². The third-order valence-corrected chi connectivity index (χ3v) is 5.99. The summed E-state index contributed by atoms with van der Waals surface area (Å²) >= 11 is 0. The molecule has 4 nitrogen and oxygen atoms in total. The van der Waals surface area contributed by atoms with Crippen molar-refractivity contribution < 1.29 is 9.59 Å². The molecule has 2 aliphatic heterocycles. The van der Waals surface area contributed by atoms with Crippen molar-refractivity contribution >= 4 is 11.8 Å². The highest BCUT2D eigenvalue weighted by Crippen LogP contribution is 2.23. The van der Waals surface area contributed by atoms with Crippen LogP contribution in [0.2, 0.25) is 0 Å². The van der Waals surface area contributed by atoms with E-state index in [4.69, 9.17) is 0 Å². The number of carbonyl (C=O) groups is 2. The third-order valence-electron chi connectivity index (χ3n) is 5.99. The highest BCUT2D eigenvalue weighted by Gasteiger charge is 2.24. The summed E-state index contributed by atoms with van der Waals surface area (Å²) < 4.78 is 0. The molecule has 0 N–H and O–H groups in total. The Labute approximate surface area is 167 Å². The summed E-state index contributed by atoms with van der Waals surface area (Å²) in [5.74, 6) is 0.990. The second-order valence-corrected chi connectivity index (χ2v) is 8.04. The molecule has 2 aromatic rings. The first-order chi connectivity index (χ1) is 13.7. The summed E-state index contributed by atoms with van der Waals surface area (Å²) in [6, 6.07) is 18.4. The molecule has 2 heterocycles. The van der Waals surface area contributed by atoms with Gasteiger partial charge in [-0.05, 0) is 54.9 Å². The summed E-state index contributed by atoms with van der Waals surface area (Å²) in [5.41, 5.74) is 3.17. The van der Waals surface area contributed by atoms with E-state index in [0.717, 1.165) is 56.4 Å². The summed E-state index contributed by atoms with van der Waals surface area (Å²) in [6.45, 7) is 3.08.